The van der Waals surface area contributed by atoms with Crippen molar-refractivity contribution in [1.82, 2.24) is 19.1 Å². The summed E-state index contributed by atoms with van der Waals surface area (Å²) in [5, 5.41) is 14.7. The van der Waals surface area contributed by atoms with E-state index in [4.69, 9.17) is 9.97 Å². The molecule has 0 saturated heterocycles. The van der Waals surface area contributed by atoms with Crippen LogP contribution in [0.25, 0.3) is 141 Å². The summed E-state index contributed by atoms with van der Waals surface area (Å²) < 4.78 is 7.43. The predicted octanol–water partition coefficient (Wildman–Crippen LogP) is 17.0. The Bertz CT molecular complexity index is 4590. The van der Waals surface area contributed by atoms with Crippen molar-refractivity contribution in [3.8, 4) is 33.9 Å². The van der Waals surface area contributed by atoms with E-state index in [2.05, 4.69) is 215 Å². The largest absolute Gasteiger partial charge is 0.309 e. The van der Waals surface area contributed by atoms with Gasteiger partial charge in [0.1, 0.15) is 0 Å². The first-order valence-electron chi connectivity index (χ1n) is 22.8. The fraction of sp³-hybridized carbons (Fsp3) is 0. The topological polar surface area (TPSA) is 35.6 Å². The smallest absolute Gasteiger partial charge is 0.0979 e. The summed E-state index contributed by atoms with van der Waals surface area (Å²) in [6, 6.07) is 79.7. The molecule has 0 aliphatic carbocycles. The summed E-state index contributed by atoms with van der Waals surface area (Å²) >= 11 is 1.83. The first kappa shape index (κ1) is 36.7. The van der Waals surface area contributed by atoms with Crippen LogP contribution in [-0.2, 0) is 0 Å². The van der Waals surface area contributed by atoms with E-state index in [1.807, 2.05) is 23.5 Å². The van der Waals surface area contributed by atoms with Crippen molar-refractivity contribution in [2.45, 2.75) is 0 Å². The van der Waals surface area contributed by atoms with Crippen molar-refractivity contribution in [2.24, 2.45) is 0 Å². The highest BCUT2D eigenvalue weighted by Crippen LogP contribution is 2.43. The SMILES string of the molecule is c1ccc2cc3c(cc2c1)c1ccccc1n3-c1ccc2cc3c(cc2c1)c1ccccc1n3-c1ccc(-c2nc3ccccc3nc2-c2ccc3c(c2)sc2ccccc23)c2ccccc12. The van der Waals surface area contributed by atoms with Crippen molar-refractivity contribution >= 4 is 118 Å². The maximum Gasteiger partial charge on any atom is 0.0979 e. The molecule has 5 heteroatoms. The van der Waals surface area contributed by atoms with Crippen LogP contribution in [0.2, 0.25) is 0 Å². The van der Waals surface area contributed by atoms with Gasteiger partial charge in [-0.3, -0.25) is 0 Å². The highest BCUT2D eigenvalue weighted by atomic mass is 32.1. The molecule has 0 radical (unpaired) electrons. The van der Waals surface area contributed by atoms with Gasteiger partial charge in [0.05, 0.1) is 50.2 Å². The molecule has 11 aromatic carbocycles. The Kier molecular flexibility index (Phi) is 7.63. The number of rotatable bonds is 4. The lowest BCUT2D eigenvalue weighted by Crippen LogP contribution is -1.99. The van der Waals surface area contributed by atoms with E-state index >= 15 is 0 Å². The van der Waals surface area contributed by atoms with Crippen molar-refractivity contribution in [2.75, 3.05) is 0 Å². The van der Waals surface area contributed by atoms with E-state index in [-0.39, 0.29) is 0 Å². The number of thiophene rings is 1. The summed E-state index contributed by atoms with van der Waals surface area (Å²) in [6.07, 6.45) is 0. The van der Waals surface area contributed by atoms with E-state index in [0.29, 0.717) is 0 Å². The van der Waals surface area contributed by atoms with E-state index in [9.17, 15) is 0 Å². The number of fused-ring (bicyclic) bond motifs is 13. The number of aromatic nitrogens is 4. The number of nitrogens with zero attached hydrogens (tertiary/aromatic N) is 4. The van der Waals surface area contributed by atoms with E-state index in [0.717, 1.165) is 55.7 Å². The van der Waals surface area contributed by atoms with E-state index in [1.54, 1.807) is 0 Å². The zero-order valence-electron chi connectivity index (χ0n) is 36.0. The average molecular weight is 869 g/mol. The van der Waals surface area contributed by atoms with Crippen LogP contribution in [0, 0.1) is 0 Å². The van der Waals surface area contributed by atoms with Gasteiger partial charge in [-0.15, -0.1) is 11.3 Å². The third-order valence-corrected chi connectivity index (χ3v) is 15.2. The van der Waals surface area contributed by atoms with Gasteiger partial charge >= 0.3 is 0 Å². The van der Waals surface area contributed by atoms with Gasteiger partial charge in [-0.05, 0) is 112 Å². The van der Waals surface area contributed by atoms with Crippen molar-refractivity contribution in [3.63, 3.8) is 0 Å². The predicted molar refractivity (Wildman–Crippen MR) is 284 cm³/mol. The lowest BCUT2D eigenvalue weighted by Gasteiger charge is -2.17. The summed E-state index contributed by atoms with van der Waals surface area (Å²) in [4.78, 5) is 10.8. The quantitative estimate of drug-likeness (QED) is 0.177. The van der Waals surface area contributed by atoms with Crippen LogP contribution in [0.1, 0.15) is 0 Å². The molecule has 0 unspecified atom stereocenters. The molecular weight excluding hydrogens is 833 g/mol. The molecule has 0 amide bonds. The molecule has 0 atom stereocenters. The van der Waals surface area contributed by atoms with Gasteiger partial charge in [0.25, 0.3) is 0 Å². The maximum absolute atomic E-state index is 5.43. The highest BCUT2D eigenvalue weighted by Gasteiger charge is 2.21. The molecule has 0 saturated carbocycles. The van der Waals surface area contributed by atoms with E-state index < -0.39 is 0 Å². The normalized spacial score (nSPS) is 12.2. The number of para-hydroxylation sites is 4. The Morgan fingerprint density at radius 3 is 1.66 bits per heavy atom. The Labute approximate surface area is 387 Å². The standard InChI is InChI=1S/C62H36N4S/c1-2-14-38-34-57-50(32-37(38)13-1)45-17-5-10-22-54(45)65(57)42-27-25-39-35-58-51(33-41(39)31-42)46-18-6-11-23-55(46)66(58)56-30-29-49(43-15-3-4-16-44(43)56)62-61(63-52-20-8-9-21-53(52)64-62)40-26-28-48-47-19-7-12-24-59(47)67-60(48)36-40/h1-36H. The van der Waals surface area contributed by atoms with Crippen molar-refractivity contribution in [1.29, 1.82) is 0 Å². The van der Waals surface area contributed by atoms with Crippen LogP contribution in [-0.4, -0.2) is 19.1 Å². The third kappa shape index (κ3) is 5.40. The minimum atomic E-state index is 0.876. The maximum atomic E-state index is 5.43. The first-order valence-corrected chi connectivity index (χ1v) is 23.6. The van der Waals surface area contributed by atoms with Crippen molar-refractivity contribution in [3.05, 3.63) is 218 Å². The Balaban J connectivity index is 0.926. The number of hydrogen-bond donors (Lipinski definition) is 0. The van der Waals surface area contributed by atoms with Gasteiger partial charge in [-0.2, -0.15) is 0 Å². The molecular formula is C62H36N4S. The zero-order valence-corrected chi connectivity index (χ0v) is 36.8. The fourth-order valence-electron chi connectivity index (χ4n) is 11.0. The Hall–Kier alpha value is -8.64. The fourth-order valence-corrected chi connectivity index (χ4v) is 12.1. The summed E-state index contributed by atoms with van der Waals surface area (Å²) in [5.74, 6) is 0. The van der Waals surface area contributed by atoms with Gasteiger partial charge in [-0.1, -0.05) is 133 Å². The lowest BCUT2D eigenvalue weighted by atomic mass is 9.96. The van der Waals surface area contributed by atoms with Crippen LogP contribution in [0.4, 0.5) is 0 Å². The Morgan fingerprint density at radius 2 is 0.881 bits per heavy atom. The molecule has 4 heterocycles. The van der Waals surface area contributed by atoms with Crippen LogP contribution in [0.3, 0.4) is 0 Å². The molecule has 0 N–H and O–H groups in total. The van der Waals surface area contributed by atoms with Crippen LogP contribution in [0.5, 0.6) is 0 Å². The second-order valence-electron chi connectivity index (χ2n) is 17.7. The molecule has 310 valence electrons. The van der Waals surface area contributed by atoms with Gasteiger partial charge in [0.15, 0.2) is 0 Å². The van der Waals surface area contributed by atoms with Gasteiger partial charge in [0.2, 0.25) is 0 Å². The molecule has 15 rings (SSSR count). The van der Waals surface area contributed by atoms with Crippen LogP contribution >= 0.6 is 11.3 Å². The highest BCUT2D eigenvalue weighted by molar-refractivity contribution is 7.25. The second kappa shape index (κ2) is 13.9. The minimum Gasteiger partial charge on any atom is -0.309 e. The summed E-state index contributed by atoms with van der Waals surface area (Å²) in [5.41, 5.74) is 12.7. The third-order valence-electron chi connectivity index (χ3n) is 14.0. The van der Waals surface area contributed by atoms with Crippen LogP contribution in [0.15, 0.2) is 218 Å². The zero-order chi connectivity index (χ0) is 43.7. The summed E-state index contributed by atoms with van der Waals surface area (Å²) in [7, 11) is 0. The van der Waals surface area contributed by atoms with Gasteiger partial charge < -0.3 is 9.13 Å². The molecule has 0 fully saturated rings. The molecule has 0 aliphatic rings. The molecule has 4 aromatic heterocycles. The molecule has 15 aromatic rings. The molecule has 0 bridgehead atoms. The monoisotopic (exact) mass is 868 g/mol. The number of benzene rings is 11. The molecule has 0 aliphatic heterocycles. The van der Waals surface area contributed by atoms with Crippen molar-refractivity contribution < 1.29 is 0 Å². The average Bonchev–Trinajstić information content (AvgIpc) is 4.03. The van der Waals surface area contributed by atoms with Gasteiger partial charge in [0, 0.05) is 63.9 Å². The molecule has 67 heavy (non-hydrogen) atoms. The van der Waals surface area contributed by atoms with Crippen LogP contribution < -0.4 is 0 Å². The molecule has 4 nitrogen and oxygen atoms in total. The lowest BCUT2D eigenvalue weighted by molar-refractivity contribution is 1.19. The minimum absolute atomic E-state index is 0.876. The Morgan fingerprint density at radius 1 is 0.313 bits per heavy atom. The first-order chi connectivity index (χ1) is 33.2. The van der Waals surface area contributed by atoms with Gasteiger partial charge in [-0.25, -0.2) is 9.97 Å². The second-order valence-corrected chi connectivity index (χ2v) is 18.8. The number of hydrogen-bond acceptors (Lipinski definition) is 3. The van der Waals surface area contributed by atoms with E-state index in [1.165, 1.54) is 85.3 Å². The summed E-state index contributed by atoms with van der Waals surface area (Å²) in [6.45, 7) is 0. The molecule has 0 spiro atoms.